The summed E-state index contributed by atoms with van der Waals surface area (Å²) >= 11 is 0. The van der Waals surface area contributed by atoms with Crippen molar-refractivity contribution < 1.29 is 0 Å². The van der Waals surface area contributed by atoms with E-state index in [9.17, 15) is 0 Å². The number of likely N-dealkylation sites (N-methyl/N-ethyl adjacent to an activating group) is 1. The van der Waals surface area contributed by atoms with Gasteiger partial charge in [-0.05, 0) is 54.0 Å². The smallest absolute Gasteiger partial charge is 0.0270 e. The lowest BCUT2D eigenvalue weighted by Gasteiger charge is -2.26. The highest BCUT2D eigenvalue weighted by molar-refractivity contribution is 5.29. The zero-order valence-corrected chi connectivity index (χ0v) is 12.9. The lowest BCUT2D eigenvalue weighted by atomic mass is 9.89. The fourth-order valence-corrected chi connectivity index (χ4v) is 3.50. The van der Waals surface area contributed by atoms with Crippen LogP contribution >= 0.6 is 0 Å². The molecule has 2 aromatic rings. The van der Waals surface area contributed by atoms with Crippen molar-refractivity contribution >= 4 is 0 Å². The summed E-state index contributed by atoms with van der Waals surface area (Å²) in [6.45, 7) is 5.56. The van der Waals surface area contributed by atoms with Crippen LogP contribution in [0.25, 0.3) is 0 Å². The lowest BCUT2D eigenvalue weighted by Crippen LogP contribution is -2.36. The summed E-state index contributed by atoms with van der Waals surface area (Å²) in [6.07, 6.45) is 5.10. The molecular weight excluding hydrogens is 256 g/mol. The van der Waals surface area contributed by atoms with Gasteiger partial charge in [0, 0.05) is 18.4 Å². The Hall–Kier alpha value is -1.67. The Morgan fingerprint density at radius 1 is 1.14 bits per heavy atom. The van der Waals surface area contributed by atoms with Crippen LogP contribution in [0.15, 0.2) is 54.9 Å². The van der Waals surface area contributed by atoms with Crippen LogP contribution in [0.1, 0.15) is 43.2 Å². The van der Waals surface area contributed by atoms with Gasteiger partial charge in [-0.15, -0.1) is 0 Å². The van der Waals surface area contributed by atoms with Crippen molar-refractivity contribution in [2.24, 2.45) is 5.92 Å². The van der Waals surface area contributed by atoms with E-state index in [0.717, 1.165) is 18.4 Å². The Morgan fingerprint density at radius 3 is 2.52 bits per heavy atom. The topological polar surface area (TPSA) is 24.9 Å². The second kappa shape index (κ2) is 6.40. The zero-order chi connectivity index (χ0) is 14.7. The molecule has 0 aliphatic heterocycles. The molecule has 1 fully saturated rings. The first kappa shape index (κ1) is 14.3. The van der Waals surface area contributed by atoms with Gasteiger partial charge in [0.15, 0.2) is 0 Å². The molecular formula is C19H24N2. The van der Waals surface area contributed by atoms with Crippen LogP contribution < -0.4 is 5.32 Å². The van der Waals surface area contributed by atoms with Crippen molar-refractivity contribution in [1.29, 1.82) is 0 Å². The minimum absolute atomic E-state index is 0.520. The Bertz CT molecular complexity index is 552. The third-order valence-electron chi connectivity index (χ3n) is 4.74. The van der Waals surface area contributed by atoms with E-state index >= 15 is 0 Å². The summed E-state index contributed by atoms with van der Waals surface area (Å²) in [4.78, 5) is 4.14. The average molecular weight is 280 g/mol. The molecule has 0 saturated heterocycles. The normalized spacial score (nSPS) is 23.5. The number of hydrogen-bond donors (Lipinski definition) is 1. The first-order chi connectivity index (χ1) is 10.3. The van der Waals surface area contributed by atoms with Crippen molar-refractivity contribution in [3.05, 3.63) is 66.0 Å². The van der Waals surface area contributed by atoms with Crippen LogP contribution in [-0.2, 0) is 0 Å². The highest BCUT2D eigenvalue weighted by atomic mass is 14.9. The van der Waals surface area contributed by atoms with E-state index in [0.29, 0.717) is 12.0 Å². The SMILES string of the molecule is CCNC(C(C)c1ccncc1)C1CC1c1ccccc1. The molecule has 1 aliphatic rings. The summed E-state index contributed by atoms with van der Waals surface area (Å²) in [6, 6.07) is 15.8. The second-order valence-corrected chi connectivity index (χ2v) is 6.07. The van der Waals surface area contributed by atoms with Crippen LogP contribution in [0, 0.1) is 5.92 Å². The standard InChI is InChI=1S/C19H24N2/c1-3-21-19(14(2)15-9-11-20-12-10-15)18-13-17(18)16-7-5-4-6-8-16/h4-12,14,17-19,21H,3,13H2,1-2H3. The number of benzene rings is 1. The van der Waals surface area contributed by atoms with Crippen LogP contribution in [-0.4, -0.2) is 17.6 Å². The second-order valence-electron chi connectivity index (χ2n) is 6.07. The number of nitrogens with one attached hydrogen (secondary N) is 1. The Balaban J connectivity index is 1.74. The average Bonchev–Trinajstić information content (AvgIpc) is 3.34. The van der Waals surface area contributed by atoms with Crippen LogP contribution in [0.2, 0.25) is 0 Å². The molecule has 21 heavy (non-hydrogen) atoms. The maximum absolute atomic E-state index is 4.14. The molecule has 1 N–H and O–H groups in total. The van der Waals surface area contributed by atoms with E-state index in [-0.39, 0.29) is 0 Å². The van der Waals surface area contributed by atoms with Crippen LogP contribution in [0.5, 0.6) is 0 Å². The maximum Gasteiger partial charge on any atom is 0.0270 e. The zero-order valence-electron chi connectivity index (χ0n) is 12.9. The quantitative estimate of drug-likeness (QED) is 0.866. The van der Waals surface area contributed by atoms with Gasteiger partial charge in [0.05, 0.1) is 0 Å². The molecule has 110 valence electrons. The van der Waals surface area contributed by atoms with Gasteiger partial charge in [0.2, 0.25) is 0 Å². The minimum atomic E-state index is 0.520. The molecule has 1 heterocycles. The van der Waals surface area contributed by atoms with Crippen molar-refractivity contribution in [2.75, 3.05) is 6.54 Å². The molecule has 0 amide bonds. The fourth-order valence-electron chi connectivity index (χ4n) is 3.50. The first-order valence-electron chi connectivity index (χ1n) is 7.99. The van der Waals surface area contributed by atoms with Gasteiger partial charge in [0.25, 0.3) is 0 Å². The molecule has 1 aromatic heterocycles. The molecule has 1 aromatic carbocycles. The molecule has 0 bridgehead atoms. The summed E-state index contributed by atoms with van der Waals surface area (Å²) in [5, 5.41) is 3.72. The van der Waals surface area contributed by atoms with E-state index < -0.39 is 0 Å². The van der Waals surface area contributed by atoms with E-state index in [1.165, 1.54) is 17.5 Å². The summed E-state index contributed by atoms with van der Waals surface area (Å²) < 4.78 is 0. The molecule has 4 unspecified atom stereocenters. The molecule has 1 saturated carbocycles. The molecule has 2 nitrogen and oxygen atoms in total. The first-order valence-corrected chi connectivity index (χ1v) is 7.99. The Labute approximate surface area is 127 Å². The third-order valence-corrected chi connectivity index (χ3v) is 4.74. The van der Waals surface area contributed by atoms with Crippen molar-refractivity contribution in [1.82, 2.24) is 10.3 Å². The summed E-state index contributed by atoms with van der Waals surface area (Å²) in [7, 11) is 0. The largest absolute Gasteiger partial charge is 0.313 e. The summed E-state index contributed by atoms with van der Waals surface area (Å²) in [5.74, 6) is 1.99. The van der Waals surface area contributed by atoms with Crippen LogP contribution in [0.3, 0.4) is 0 Å². The highest BCUT2D eigenvalue weighted by Crippen LogP contribution is 2.52. The van der Waals surface area contributed by atoms with E-state index in [1.54, 1.807) is 0 Å². The molecule has 2 heteroatoms. The van der Waals surface area contributed by atoms with Gasteiger partial charge in [-0.1, -0.05) is 44.2 Å². The van der Waals surface area contributed by atoms with E-state index in [4.69, 9.17) is 0 Å². The van der Waals surface area contributed by atoms with Gasteiger partial charge in [-0.3, -0.25) is 4.98 Å². The van der Waals surface area contributed by atoms with Gasteiger partial charge in [-0.25, -0.2) is 0 Å². The van der Waals surface area contributed by atoms with E-state index in [2.05, 4.69) is 66.6 Å². The molecule has 0 radical (unpaired) electrons. The molecule has 1 aliphatic carbocycles. The Kier molecular flexibility index (Phi) is 4.35. The van der Waals surface area contributed by atoms with Gasteiger partial charge in [-0.2, -0.15) is 0 Å². The number of rotatable bonds is 6. The summed E-state index contributed by atoms with van der Waals surface area (Å²) in [5.41, 5.74) is 2.88. The number of hydrogen-bond acceptors (Lipinski definition) is 2. The van der Waals surface area contributed by atoms with Gasteiger partial charge >= 0.3 is 0 Å². The molecule has 0 spiro atoms. The minimum Gasteiger partial charge on any atom is -0.313 e. The van der Waals surface area contributed by atoms with Crippen molar-refractivity contribution in [3.63, 3.8) is 0 Å². The predicted octanol–water partition coefficient (Wildman–Crippen LogP) is 3.97. The third kappa shape index (κ3) is 3.16. The number of nitrogens with zero attached hydrogens (tertiary/aromatic N) is 1. The van der Waals surface area contributed by atoms with Gasteiger partial charge < -0.3 is 5.32 Å². The molecule has 3 rings (SSSR count). The number of aromatic nitrogens is 1. The predicted molar refractivity (Wildman–Crippen MR) is 87.4 cm³/mol. The van der Waals surface area contributed by atoms with Gasteiger partial charge in [0.1, 0.15) is 0 Å². The lowest BCUT2D eigenvalue weighted by molar-refractivity contribution is 0.409. The van der Waals surface area contributed by atoms with E-state index in [1.807, 2.05) is 12.4 Å². The Morgan fingerprint density at radius 2 is 1.86 bits per heavy atom. The molecule has 4 atom stereocenters. The monoisotopic (exact) mass is 280 g/mol. The maximum atomic E-state index is 4.14. The van der Waals surface area contributed by atoms with Crippen molar-refractivity contribution in [2.45, 2.75) is 38.1 Å². The highest BCUT2D eigenvalue weighted by Gasteiger charge is 2.45. The number of pyridine rings is 1. The van der Waals surface area contributed by atoms with Crippen molar-refractivity contribution in [3.8, 4) is 0 Å². The fraction of sp³-hybridized carbons (Fsp3) is 0.421. The van der Waals surface area contributed by atoms with Crippen LogP contribution in [0.4, 0.5) is 0 Å².